The first kappa shape index (κ1) is 15.3. The molecular formula is C16H20ClFO2. The first-order chi connectivity index (χ1) is 9.47. The maximum absolute atomic E-state index is 13.1. The molecule has 2 rings (SSSR count). The van der Waals surface area contributed by atoms with E-state index >= 15 is 0 Å². The van der Waals surface area contributed by atoms with E-state index in [1.807, 2.05) is 0 Å². The van der Waals surface area contributed by atoms with Crippen LogP contribution in [0.2, 0.25) is 5.02 Å². The molecule has 1 aliphatic carbocycles. The van der Waals surface area contributed by atoms with Crippen molar-refractivity contribution in [2.75, 3.05) is 0 Å². The molecule has 0 heterocycles. The molecule has 0 spiro atoms. The maximum Gasteiger partial charge on any atom is 0.309 e. The second-order valence-electron chi connectivity index (χ2n) is 5.85. The highest BCUT2D eigenvalue weighted by Gasteiger charge is 2.41. The molecule has 0 unspecified atom stereocenters. The summed E-state index contributed by atoms with van der Waals surface area (Å²) in [6.07, 6.45) is 4.73. The van der Waals surface area contributed by atoms with Crippen LogP contribution in [0.4, 0.5) is 4.39 Å². The highest BCUT2D eigenvalue weighted by molar-refractivity contribution is 6.31. The van der Waals surface area contributed by atoms with Crippen molar-refractivity contribution in [2.45, 2.75) is 45.4 Å². The van der Waals surface area contributed by atoms with Crippen molar-refractivity contribution < 1.29 is 14.3 Å². The van der Waals surface area contributed by atoms with Crippen LogP contribution >= 0.6 is 11.6 Å². The molecule has 110 valence electrons. The van der Waals surface area contributed by atoms with Crippen molar-refractivity contribution in [3.05, 3.63) is 34.6 Å². The SMILES string of the molecule is CCC1CCC(Cc2ccc(F)cc2Cl)(C(=O)O)CC1. The second-order valence-corrected chi connectivity index (χ2v) is 6.26. The highest BCUT2D eigenvalue weighted by atomic mass is 35.5. The lowest BCUT2D eigenvalue weighted by molar-refractivity contribution is -0.151. The Kier molecular flexibility index (Phi) is 4.69. The smallest absolute Gasteiger partial charge is 0.309 e. The molecule has 1 aliphatic rings. The quantitative estimate of drug-likeness (QED) is 0.875. The number of aliphatic carboxylic acids is 1. The Bertz CT molecular complexity index is 493. The molecule has 2 nitrogen and oxygen atoms in total. The number of hydrogen-bond donors (Lipinski definition) is 1. The Labute approximate surface area is 123 Å². The second kappa shape index (κ2) is 6.13. The fourth-order valence-electron chi connectivity index (χ4n) is 3.13. The zero-order valence-electron chi connectivity index (χ0n) is 11.7. The molecule has 1 N–H and O–H groups in total. The van der Waals surface area contributed by atoms with Crippen molar-refractivity contribution in [3.63, 3.8) is 0 Å². The number of carbonyl (C=O) groups is 1. The molecule has 0 atom stereocenters. The van der Waals surface area contributed by atoms with Gasteiger partial charge in [0, 0.05) is 5.02 Å². The van der Waals surface area contributed by atoms with Crippen LogP contribution in [0, 0.1) is 17.2 Å². The highest BCUT2D eigenvalue weighted by Crippen LogP contribution is 2.43. The zero-order valence-corrected chi connectivity index (χ0v) is 12.4. The number of halogens is 2. The summed E-state index contributed by atoms with van der Waals surface area (Å²) in [4.78, 5) is 11.7. The van der Waals surface area contributed by atoms with E-state index in [1.165, 1.54) is 12.1 Å². The van der Waals surface area contributed by atoms with Crippen molar-refractivity contribution in [1.82, 2.24) is 0 Å². The van der Waals surface area contributed by atoms with Crippen molar-refractivity contribution in [3.8, 4) is 0 Å². The molecule has 0 aromatic heterocycles. The summed E-state index contributed by atoms with van der Waals surface area (Å²) in [5.74, 6) is -0.517. The van der Waals surface area contributed by atoms with Crippen molar-refractivity contribution >= 4 is 17.6 Å². The topological polar surface area (TPSA) is 37.3 Å². The molecule has 1 saturated carbocycles. The minimum Gasteiger partial charge on any atom is -0.481 e. The van der Waals surface area contributed by atoms with Crippen LogP contribution in [0.1, 0.15) is 44.6 Å². The average molecular weight is 299 g/mol. The van der Waals surface area contributed by atoms with Crippen LogP contribution in [-0.4, -0.2) is 11.1 Å². The number of carboxylic acids is 1. The van der Waals surface area contributed by atoms with Gasteiger partial charge in [0.2, 0.25) is 0 Å². The number of hydrogen-bond acceptors (Lipinski definition) is 1. The van der Waals surface area contributed by atoms with Gasteiger partial charge in [-0.1, -0.05) is 31.0 Å². The summed E-state index contributed by atoms with van der Waals surface area (Å²) in [6, 6.07) is 4.20. The van der Waals surface area contributed by atoms with Gasteiger partial charge in [-0.2, -0.15) is 0 Å². The van der Waals surface area contributed by atoms with E-state index in [-0.39, 0.29) is 0 Å². The molecule has 1 aromatic carbocycles. The third-order valence-corrected chi connectivity index (χ3v) is 4.99. The van der Waals surface area contributed by atoms with Crippen LogP contribution < -0.4 is 0 Å². The van der Waals surface area contributed by atoms with Gasteiger partial charge in [0.05, 0.1) is 5.41 Å². The Morgan fingerprint density at radius 1 is 1.45 bits per heavy atom. The van der Waals surface area contributed by atoms with Crippen LogP contribution in [0.3, 0.4) is 0 Å². The van der Waals surface area contributed by atoms with Crippen LogP contribution in [-0.2, 0) is 11.2 Å². The van der Waals surface area contributed by atoms with E-state index in [0.29, 0.717) is 30.2 Å². The van der Waals surface area contributed by atoms with Crippen LogP contribution in [0.5, 0.6) is 0 Å². The molecule has 0 amide bonds. The lowest BCUT2D eigenvalue weighted by Gasteiger charge is -2.37. The van der Waals surface area contributed by atoms with Gasteiger partial charge in [-0.15, -0.1) is 0 Å². The molecule has 1 aromatic rings. The Balaban J connectivity index is 2.20. The predicted molar refractivity (Wildman–Crippen MR) is 77.4 cm³/mol. The number of benzene rings is 1. The van der Waals surface area contributed by atoms with Gasteiger partial charge in [-0.25, -0.2) is 4.39 Å². The summed E-state index contributed by atoms with van der Waals surface area (Å²) in [6.45, 7) is 2.15. The van der Waals surface area contributed by atoms with Gasteiger partial charge in [-0.3, -0.25) is 4.79 Å². The summed E-state index contributed by atoms with van der Waals surface area (Å²) in [5.41, 5.74) is -0.0157. The first-order valence-corrected chi connectivity index (χ1v) is 7.52. The molecule has 20 heavy (non-hydrogen) atoms. The van der Waals surface area contributed by atoms with Gasteiger partial charge in [-0.05, 0) is 55.7 Å². The summed E-state index contributed by atoms with van der Waals surface area (Å²) < 4.78 is 13.1. The first-order valence-electron chi connectivity index (χ1n) is 7.14. The van der Waals surface area contributed by atoms with Crippen molar-refractivity contribution in [1.29, 1.82) is 0 Å². The lowest BCUT2D eigenvalue weighted by atomic mass is 9.67. The minimum atomic E-state index is -0.757. The van der Waals surface area contributed by atoms with Gasteiger partial charge < -0.3 is 5.11 Å². The number of rotatable bonds is 4. The molecule has 0 saturated heterocycles. The summed E-state index contributed by atoms with van der Waals surface area (Å²) in [7, 11) is 0. The van der Waals surface area contributed by atoms with E-state index < -0.39 is 17.2 Å². The summed E-state index contributed by atoms with van der Waals surface area (Å²) in [5, 5.41) is 9.96. The zero-order chi connectivity index (χ0) is 14.8. The molecule has 0 radical (unpaired) electrons. The Morgan fingerprint density at radius 3 is 2.60 bits per heavy atom. The number of carboxylic acid groups (broad SMARTS) is 1. The van der Waals surface area contributed by atoms with E-state index in [9.17, 15) is 14.3 Å². The minimum absolute atomic E-state index is 0.322. The fraction of sp³-hybridized carbons (Fsp3) is 0.562. The van der Waals surface area contributed by atoms with Crippen LogP contribution in [0.25, 0.3) is 0 Å². The van der Waals surface area contributed by atoms with Gasteiger partial charge in [0.25, 0.3) is 0 Å². The van der Waals surface area contributed by atoms with E-state index in [1.54, 1.807) is 6.07 Å². The lowest BCUT2D eigenvalue weighted by Crippen LogP contribution is -2.37. The fourth-order valence-corrected chi connectivity index (χ4v) is 3.37. The normalized spacial score (nSPS) is 26.4. The Hall–Kier alpha value is -1.09. The van der Waals surface area contributed by atoms with E-state index in [2.05, 4.69) is 6.92 Å². The van der Waals surface area contributed by atoms with Gasteiger partial charge >= 0.3 is 5.97 Å². The van der Waals surface area contributed by atoms with Gasteiger partial charge in [0.1, 0.15) is 5.82 Å². The van der Waals surface area contributed by atoms with Gasteiger partial charge in [0.15, 0.2) is 0 Å². The van der Waals surface area contributed by atoms with Crippen molar-refractivity contribution in [2.24, 2.45) is 11.3 Å². The predicted octanol–water partition coefficient (Wildman–Crippen LogP) is 4.69. The molecule has 4 heteroatoms. The maximum atomic E-state index is 13.1. The summed E-state index contributed by atoms with van der Waals surface area (Å²) >= 11 is 6.04. The van der Waals surface area contributed by atoms with Crippen LogP contribution in [0.15, 0.2) is 18.2 Å². The van der Waals surface area contributed by atoms with E-state index in [4.69, 9.17) is 11.6 Å². The largest absolute Gasteiger partial charge is 0.481 e. The third kappa shape index (κ3) is 3.14. The Morgan fingerprint density at radius 2 is 2.10 bits per heavy atom. The third-order valence-electron chi connectivity index (χ3n) is 4.64. The average Bonchev–Trinajstić information content (AvgIpc) is 2.42. The van der Waals surface area contributed by atoms with E-state index in [0.717, 1.165) is 24.8 Å². The standard InChI is InChI=1S/C16H20ClFO2/c1-2-11-5-7-16(8-6-11,15(19)20)10-12-3-4-13(18)9-14(12)17/h3-4,9,11H,2,5-8,10H2,1H3,(H,19,20). The molecular weight excluding hydrogens is 279 g/mol. The molecule has 0 bridgehead atoms. The monoisotopic (exact) mass is 298 g/mol. The molecule has 1 fully saturated rings. The molecule has 0 aliphatic heterocycles.